The zero-order chi connectivity index (χ0) is 16.4. The Bertz CT molecular complexity index is 845. The summed E-state index contributed by atoms with van der Waals surface area (Å²) < 4.78 is 0. The second kappa shape index (κ2) is 6.75. The van der Waals surface area contributed by atoms with E-state index in [1.807, 2.05) is 29.6 Å². The summed E-state index contributed by atoms with van der Waals surface area (Å²) in [4.78, 5) is 15.3. The predicted molar refractivity (Wildman–Crippen MR) is 99.0 cm³/mol. The molecule has 0 bridgehead atoms. The number of hydrogen-bond donors (Lipinski definition) is 0. The number of carbonyl (C=O) groups excluding carboxylic acids is 1. The van der Waals surface area contributed by atoms with Crippen molar-refractivity contribution in [3.05, 3.63) is 75.6 Å². The Balaban J connectivity index is 1.85. The van der Waals surface area contributed by atoms with Gasteiger partial charge in [0.2, 0.25) is 0 Å². The second-order valence-corrected chi connectivity index (χ2v) is 6.75. The maximum absolute atomic E-state index is 12.6. The average molecular weight is 362 g/mol. The van der Waals surface area contributed by atoms with Crippen LogP contribution in [0.2, 0.25) is 10.0 Å². The third kappa shape index (κ3) is 3.42. The molecule has 3 aromatic rings. The van der Waals surface area contributed by atoms with Gasteiger partial charge in [-0.3, -0.25) is 4.79 Å². The molecule has 0 aliphatic carbocycles. The highest BCUT2D eigenvalue weighted by Gasteiger charge is 2.16. The number of halogens is 2. The number of thiophene rings is 1. The van der Waals surface area contributed by atoms with Crippen LogP contribution >= 0.6 is 34.5 Å². The zero-order valence-electron chi connectivity index (χ0n) is 12.3. The van der Waals surface area contributed by atoms with E-state index in [0.717, 1.165) is 16.1 Å². The first kappa shape index (κ1) is 16.1. The van der Waals surface area contributed by atoms with Crippen molar-refractivity contribution in [2.24, 2.45) is 0 Å². The van der Waals surface area contributed by atoms with Crippen LogP contribution in [0, 0.1) is 0 Å². The van der Waals surface area contributed by atoms with Gasteiger partial charge in [-0.15, -0.1) is 11.3 Å². The molecule has 116 valence electrons. The third-order valence-electron chi connectivity index (χ3n) is 3.50. The number of benzene rings is 2. The lowest BCUT2D eigenvalue weighted by Gasteiger charge is -2.15. The lowest BCUT2D eigenvalue weighted by atomic mass is 10.1. The minimum absolute atomic E-state index is 0.124. The highest BCUT2D eigenvalue weighted by molar-refractivity contribution is 7.14. The van der Waals surface area contributed by atoms with Crippen molar-refractivity contribution in [1.82, 2.24) is 0 Å². The summed E-state index contributed by atoms with van der Waals surface area (Å²) in [6, 6.07) is 17.0. The summed E-state index contributed by atoms with van der Waals surface area (Å²) in [5.74, 6) is -0.124. The second-order valence-electron chi connectivity index (χ2n) is 5.03. The molecule has 0 unspecified atom stereocenters. The SMILES string of the molecule is CN(C(=O)c1ccc(Cl)c(Cl)c1)c1csc(-c2ccccc2)c1. The highest BCUT2D eigenvalue weighted by atomic mass is 35.5. The fraction of sp³-hybridized carbons (Fsp3) is 0.0556. The Hall–Kier alpha value is -1.81. The van der Waals surface area contributed by atoms with E-state index in [4.69, 9.17) is 23.2 Å². The quantitative estimate of drug-likeness (QED) is 0.560. The molecule has 0 saturated heterocycles. The molecule has 1 amide bonds. The molecule has 23 heavy (non-hydrogen) atoms. The molecular weight excluding hydrogens is 349 g/mol. The van der Waals surface area contributed by atoms with Gasteiger partial charge in [0.15, 0.2) is 0 Å². The van der Waals surface area contributed by atoms with Gasteiger partial charge in [0.05, 0.1) is 15.7 Å². The number of anilines is 1. The van der Waals surface area contributed by atoms with Crippen LogP contribution in [0.5, 0.6) is 0 Å². The number of nitrogens with zero attached hydrogens (tertiary/aromatic N) is 1. The Kier molecular flexibility index (Phi) is 4.71. The van der Waals surface area contributed by atoms with E-state index in [1.54, 1.807) is 41.5 Å². The van der Waals surface area contributed by atoms with Crippen LogP contribution in [-0.2, 0) is 0 Å². The summed E-state index contributed by atoms with van der Waals surface area (Å²) >= 11 is 13.5. The van der Waals surface area contributed by atoms with Gasteiger partial charge in [-0.05, 0) is 29.8 Å². The number of amides is 1. The molecule has 0 spiro atoms. The molecule has 3 rings (SSSR count). The molecule has 1 heterocycles. The Morgan fingerprint density at radius 1 is 1.00 bits per heavy atom. The molecule has 0 fully saturated rings. The first-order chi connectivity index (χ1) is 11.1. The lowest BCUT2D eigenvalue weighted by Crippen LogP contribution is -2.25. The molecule has 0 aliphatic rings. The van der Waals surface area contributed by atoms with Crippen LogP contribution in [0.1, 0.15) is 10.4 Å². The van der Waals surface area contributed by atoms with Crippen LogP contribution in [0.3, 0.4) is 0 Å². The van der Waals surface area contributed by atoms with Crippen molar-refractivity contribution < 1.29 is 4.79 Å². The zero-order valence-corrected chi connectivity index (χ0v) is 14.6. The molecule has 2 nitrogen and oxygen atoms in total. The molecule has 0 atom stereocenters. The summed E-state index contributed by atoms with van der Waals surface area (Å²) in [5.41, 5.74) is 2.50. The fourth-order valence-corrected chi connectivity index (χ4v) is 3.43. The largest absolute Gasteiger partial charge is 0.311 e. The highest BCUT2D eigenvalue weighted by Crippen LogP contribution is 2.32. The summed E-state index contributed by atoms with van der Waals surface area (Å²) in [6.07, 6.45) is 0. The van der Waals surface area contributed by atoms with E-state index in [-0.39, 0.29) is 5.91 Å². The Labute approximate surface area is 148 Å². The number of hydrogen-bond acceptors (Lipinski definition) is 2. The standard InChI is InChI=1S/C18H13Cl2NOS/c1-21(18(22)13-7-8-15(19)16(20)9-13)14-10-17(23-11-14)12-5-3-2-4-6-12/h2-11H,1H3. The maximum atomic E-state index is 12.6. The molecule has 5 heteroatoms. The Morgan fingerprint density at radius 2 is 1.74 bits per heavy atom. The van der Waals surface area contributed by atoms with Crippen LogP contribution < -0.4 is 4.90 Å². The van der Waals surface area contributed by atoms with Crippen molar-refractivity contribution in [3.63, 3.8) is 0 Å². The van der Waals surface area contributed by atoms with E-state index in [0.29, 0.717) is 15.6 Å². The molecule has 0 radical (unpaired) electrons. The first-order valence-electron chi connectivity index (χ1n) is 6.93. The van der Waals surface area contributed by atoms with E-state index in [2.05, 4.69) is 12.1 Å². The van der Waals surface area contributed by atoms with Crippen LogP contribution in [-0.4, -0.2) is 13.0 Å². The van der Waals surface area contributed by atoms with Crippen molar-refractivity contribution >= 4 is 46.1 Å². The van der Waals surface area contributed by atoms with Gasteiger partial charge in [-0.2, -0.15) is 0 Å². The maximum Gasteiger partial charge on any atom is 0.258 e. The molecule has 0 aliphatic heterocycles. The van der Waals surface area contributed by atoms with Gasteiger partial charge < -0.3 is 4.90 Å². The fourth-order valence-electron chi connectivity index (χ4n) is 2.20. The molecule has 0 N–H and O–H groups in total. The van der Waals surface area contributed by atoms with E-state index in [9.17, 15) is 4.79 Å². The molecular formula is C18H13Cl2NOS. The summed E-state index contributed by atoms with van der Waals surface area (Å²) in [5, 5.41) is 2.78. The number of carbonyl (C=O) groups is 1. The molecule has 0 saturated carbocycles. The summed E-state index contributed by atoms with van der Waals surface area (Å²) in [6.45, 7) is 0. The number of rotatable bonds is 3. The van der Waals surface area contributed by atoms with Gasteiger partial charge in [0, 0.05) is 22.9 Å². The average Bonchev–Trinajstić information content (AvgIpc) is 3.07. The van der Waals surface area contributed by atoms with Gasteiger partial charge in [0.25, 0.3) is 5.91 Å². The van der Waals surface area contributed by atoms with E-state index in [1.165, 1.54) is 0 Å². The minimum Gasteiger partial charge on any atom is -0.311 e. The first-order valence-corrected chi connectivity index (χ1v) is 8.57. The smallest absolute Gasteiger partial charge is 0.258 e. The molecule has 1 aromatic heterocycles. The summed E-state index contributed by atoms with van der Waals surface area (Å²) in [7, 11) is 1.75. The topological polar surface area (TPSA) is 20.3 Å². The van der Waals surface area contributed by atoms with Gasteiger partial charge in [-0.25, -0.2) is 0 Å². The van der Waals surface area contributed by atoms with Crippen molar-refractivity contribution in [2.75, 3.05) is 11.9 Å². The predicted octanol–water partition coefficient (Wildman–Crippen LogP) is 6.00. The van der Waals surface area contributed by atoms with Gasteiger partial charge in [-0.1, -0.05) is 53.5 Å². The normalized spacial score (nSPS) is 10.6. The van der Waals surface area contributed by atoms with E-state index < -0.39 is 0 Å². The molecule has 2 aromatic carbocycles. The van der Waals surface area contributed by atoms with Crippen molar-refractivity contribution in [3.8, 4) is 10.4 Å². The van der Waals surface area contributed by atoms with Crippen molar-refractivity contribution in [2.45, 2.75) is 0 Å². The van der Waals surface area contributed by atoms with Gasteiger partial charge in [0.1, 0.15) is 0 Å². The van der Waals surface area contributed by atoms with Crippen LogP contribution in [0.4, 0.5) is 5.69 Å². The van der Waals surface area contributed by atoms with E-state index >= 15 is 0 Å². The third-order valence-corrected chi connectivity index (χ3v) is 5.21. The van der Waals surface area contributed by atoms with Crippen molar-refractivity contribution in [1.29, 1.82) is 0 Å². The van der Waals surface area contributed by atoms with Crippen LogP contribution in [0.15, 0.2) is 60.0 Å². The monoisotopic (exact) mass is 361 g/mol. The lowest BCUT2D eigenvalue weighted by molar-refractivity contribution is 0.0993. The van der Waals surface area contributed by atoms with Crippen LogP contribution in [0.25, 0.3) is 10.4 Å². The minimum atomic E-state index is -0.124. The Morgan fingerprint density at radius 3 is 2.43 bits per heavy atom. The van der Waals surface area contributed by atoms with Gasteiger partial charge >= 0.3 is 0 Å².